The van der Waals surface area contributed by atoms with Crippen LogP contribution in [0.4, 0.5) is 5.69 Å². The molecule has 19 heavy (non-hydrogen) atoms. The molecule has 3 nitrogen and oxygen atoms in total. The number of allylic oxidation sites excluding steroid dienone is 3. The van der Waals surface area contributed by atoms with Gasteiger partial charge in [-0.05, 0) is 30.2 Å². The Balaban J connectivity index is 2.03. The molecule has 1 aromatic carbocycles. The number of hydrogen-bond acceptors (Lipinski definition) is 3. The zero-order valence-corrected chi connectivity index (χ0v) is 11.3. The highest BCUT2D eigenvalue weighted by atomic mass is 16.5. The van der Waals surface area contributed by atoms with Crippen molar-refractivity contribution >= 4 is 5.69 Å². The average molecular weight is 256 g/mol. The normalized spacial score (nSPS) is 24.0. The predicted molar refractivity (Wildman–Crippen MR) is 75.3 cm³/mol. The average Bonchev–Trinajstić information content (AvgIpc) is 2.48. The minimum atomic E-state index is 0.0250. The van der Waals surface area contributed by atoms with E-state index in [1.165, 1.54) is 11.3 Å². The molecule has 1 N–H and O–H groups in total. The molecule has 98 valence electrons. The zero-order valence-electron chi connectivity index (χ0n) is 11.3. The van der Waals surface area contributed by atoms with Crippen molar-refractivity contribution in [2.75, 3.05) is 26.1 Å². The lowest BCUT2D eigenvalue weighted by Crippen LogP contribution is -2.33. The minimum absolute atomic E-state index is 0.0250. The number of rotatable bonds is 2. The van der Waals surface area contributed by atoms with Crippen LogP contribution in [0.15, 0.2) is 36.1 Å². The van der Waals surface area contributed by atoms with Crippen molar-refractivity contribution in [3.63, 3.8) is 0 Å². The van der Waals surface area contributed by atoms with Crippen molar-refractivity contribution in [1.29, 1.82) is 0 Å². The second-order valence-corrected chi connectivity index (χ2v) is 5.01. The van der Waals surface area contributed by atoms with Crippen LogP contribution in [0, 0.1) is 6.08 Å². The summed E-state index contributed by atoms with van der Waals surface area (Å²) in [5.74, 6) is 1.73. The SMILES string of the molecule is COC1=CC[C@@]2(C=[C+]1)CCNc1ccc(OC)cc12. The van der Waals surface area contributed by atoms with Crippen molar-refractivity contribution < 1.29 is 9.47 Å². The molecular weight excluding hydrogens is 238 g/mol. The monoisotopic (exact) mass is 256 g/mol. The Bertz CT molecular complexity index is 548. The van der Waals surface area contributed by atoms with Gasteiger partial charge in [0.15, 0.2) is 0 Å². The molecule has 0 saturated carbocycles. The molecule has 0 fully saturated rings. The van der Waals surface area contributed by atoms with Crippen LogP contribution in [0.5, 0.6) is 5.75 Å². The molecule has 3 heteroatoms. The van der Waals surface area contributed by atoms with Gasteiger partial charge in [0, 0.05) is 12.2 Å². The topological polar surface area (TPSA) is 30.5 Å². The smallest absolute Gasteiger partial charge is 0.343 e. The van der Waals surface area contributed by atoms with Crippen LogP contribution in [-0.4, -0.2) is 20.8 Å². The lowest BCUT2D eigenvalue weighted by molar-refractivity contribution is 0.294. The van der Waals surface area contributed by atoms with Crippen molar-refractivity contribution in [1.82, 2.24) is 0 Å². The quantitative estimate of drug-likeness (QED) is 0.825. The molecule has 3 rings (SSSR count). The maximum absolute atomic E-state index is 5.35. The fourth-order valence-corrected chi connectivity index (χ4v) is 2.88. The Kier molecular flexibility index (Phi) is 2.92. The summed E-state index contributed by atoms with van der Waals surface area (Å²) in [4.78, 5) is 0. The van der Waals surface area contributed by atoms with Gasteiger partial charge in [0.05, 0.1) is 38.2 Å². The lowest BCUT2D eigenvalue weighted by atomic mass is 9.70. The lowest BCUT2D eigenvalue weighted by Gasteiger charge is -2.34. The van der Waals surface area contributed by atoms with E-state index in [1.807, 2.05) is 6.07 Å². The third kappa shape index (κ3) is 1.96. The van der Waals surface area contributed by atoms with Gasteiger partial charge < -0.3 is 14.8 Å². The maximum atomic E-state index is 5.35. The number of methoxy groups -OCH3 is 2. The van der Waals surface area contributed by atoms with E-state index in [9.17, 15) is 0 Å². The Morgan fingerprint density at radius 1 is 1.26 bits per heavy atom. The number of benzene rings is 1. The van der Waals surface area contributed by atoms with E-state index in [-0.39, 0.29) is 5.41 Å². The van der Waals surface area contributed by atoms with Crippen LogP contribution in [-0.2, 0) is 10.2 Å². The molecule has 0 unspecified atom stereocenters. The number of fused-ring (bicyclic) bond motifs is 2. The van der Waals surface area contributed by atoms with Gasteiger partial charge in [-0.25, -0.2) is 0 Å². The van der Waals surface area contributed by atoms with E-state index in [2.05, 4.69) is 35.7 Å². The maximum Gasteiger partial charge on any atom is 0.343 e. The third-order valence-corrected chi connectivity index (χ3v) is 4.01. The van der Waals surface area contributed by atoms with Gasteiger partial charge in [0.25, 0.3) is 0 Å². The van der Waals surface area contributed by atoms with Crippen LogP contribution < -0.4 is 10.1 Å². The highest BCUT2D eigenvalue weighted by Crippen LogP contribution is 2.44. The van der Waals surface area contributed by atoms with Gasteiger partial charge in [0.2, 0.25) is 0 Å². The number of hydrogen-bond donors (Lipinski definition) is 1. The van der Waals surface area contributed by atoms with Crippen LogP contribution in [0.25, 0.3) is 0 Å². The minimum Gasteiger partial charge on any atom is -0.497 e. The summed E-state index contributed by atoms with van der Waals surface area (Å²) >= 11 is 0. The van der Waals surface area contributed by atoms with Crippen molar-refractivity contribution in [3.05, 3.63) is 47.7 Å². The fourth-order valence-electron chi connectivity index (χ4n) is 2.88. The molecule has 2 aliphatic rings. The summed E-state index contributed by atoms with van der Waals surface area (Å²) in [5, 5.41) is 3.46. The summed E-state index contributed by atoms with van der Waals surface area (Å²) in [6.45, 7) is 0.980. The van der Waals surface area contributed by atoms with Gasteiger partial charge in [-0.3, -0.25) is 0 Å². The molecule has 1 heterocycles. The van der Waals surface area contributed by atoms with Crippen molar-refractivity contribution in [2.45, 2.75) is 18.3 Å². The van der Waals surface area contributed by atoms with E-state index in [4.69, 9.17) is 9.47 Å². The molecule has 1 aliphatic heterocycles. The Morgan fingerprint density at radius 2 is 2.16 bits per heavy atom. The van der Waals surface area contributed by atoms with Crippen LogP contribution in [0.3, 0.4) is 0 Å². The molecule has 1 spiro atoms. The van der Waals surface area contributed by atoms with Crippen LogP contribution in [0.1, 0.15) is 18.4 Å². The Morgan fingerprint density at radius 3 is 2.84 bits per heavy atom. The summed E-state index contributed by atoms with van der Waals surface area (Å²) < 4.78 is 10.6. The molecule has 1 atom stereocenters. The molecular formula is C16H18NO2+. The Hall–Kier alpha value is -1.99. The number of ether oxygens (including phenoxy) is 2. The van der Waals surface area contributed by atoms with Crippen LogP contribution >= 0.6 is 0 Å². The highest BCUT2D eigenvalue weighted by Gasteiger charge is 2.40. The van der Waals surface area contributed by atoms with Crippen molar-refractivity contribution in [2.24, 2.45) is 0 Å². The molecule has 1 aromatic rings. The first-order chi connectivity index (χ1) is 9.27. The first-order valence-corrected chi connectivity index (χ1v) is 6.55. The number of nitrogens with one attached hydrogen (secondary N) is 1. The van der Waals surface area contributed by atoms with Crippen LogP contribution in [0.2, 0.25) is 0 Å². The van der Waals surface area contributed by atoms with E-state index in [1.54, 1.807) is 14.2 Å². The van der Waals surface area contributed by atoms with Gasteiger partial charge >= 0.3 is 5.76 Å². The number of anilines is 1. The molecule has 0 amide bonds. The molecule has 0 bridgehead atoms. The van der Waals surface area contributed by atoms with Gasteiger partial charge in [-0.2, -0.15) is 0 Å². The first kappa shape index (κ1) is 12.1. The second kappa shape index (κ2) is 4.60. The summed E-state index contributed by atoms with van der Waals surface area (Å²) in [6.07, 6.45) is 9.54. The second-order valence-electron chi connectivity index (χ2n) is 5.01. The predicted octanol–water partition coefficient (Wildman–Crippen LogP) is 3.04. The van der Waals surface area contributed by atoms with Gasteiger partial charge in [-0.1, -0.05) is 0 Å². The Labute approximate surface area is 113 Å². The van der Waals surface area contributed by atoms with Gasteiger partial charge in [0.1, 0.15) is 11.8 Å². The van der Waals surface area contributed by atoms with Gasteiger partial charge in [-0.15, -0.1) is 0 Å². The fraction of sp³-hybridized carbons (Fsp3) is 0.375. The largest absolute Gasteiger partial charge is 0.497 e. The standard InChI is InChI=1S/C16H18NO2/c1-18-12-5-7-16(8-6-12)9-10-17-15-4-3-13(19-2)11-14(15)16/h3-5,8,11,17H,7,9-10H2,1-2H3/q+1/t16-/m1/s1. The van der Waals surface area contributed by atoms with E-state index >= 15 is 0 Å². The van der Waals surface area contributed by atoms with E-state index in [0.29, 0.717) is 0 Å². The van der Waals surface area contributed by atoms with E-state index in [0.717, 1.165) is 30.9 Å². The molecule has 0 saturated heterocycles. The third-order valence-electron chi connectivity index (χ3n) is 4.01. The summed E-state index contributed by atoms with van der Waals surface area (Å²) in [6, 6.07) is 6.22. The summed E-state index contributed by atoms with van der Waals surface area (Å²) in [5.41, 5.74) is 2.51. The summed E-state index contributed by atoms with van der Waals surface area (Å²) in [7, 11) is 3.39. The first-order valence-electron chi connectivity index (χ1n) is 6.55. The van der Waals surface area contributed by atoms with Crippen molar-refractivity contribution in [3.8, 4) is 5.75 Å². The molecule has 0 radical (unpaired) electrons. The van der Waals surface area contributed by atoms with E-state index < -0.39 is 0 Å². The molecule has 0 aromatic heterocycles. The zero-order chi connectivity index (χ0) is 13.3. The molecule has 1 aliphatic carbocycles. The highest BCUT2D eigenvalue weighted by molar-refractivity contribution is 5.61.